The number of rotatable bonds is 8. The maximum absolute atomic E-state index is 11.9. The van der Waals surface area contributed by atoms with Crippen molar-refractivity contribution >= 4 is 36.2 Å². The summed E-state index contributed by atoms with van der Waals surface area (Å²) in [6.45, 7) is 5.80. The van der Waals surface area contributed by atoms with Crippen LogP contribution in [0.2, 0.25) is 0 Å². The van der Waals surface area contributed by atoms with E-state index in [4.69, 9.17) is 20.9 Å². The highest BCUT2D eigenvalue weighted by molar-refractivity contribution is 5.87. The summed E-state index contributed by atoms with van der Waals surface area (Å²) in [6, 6.07) is -1.94. The third-order valence-electron chi connectivity index (χ3n) is 2.70. The van der Waals surface area contributed by atoms with Crippen molar-refractivity contribution in [2.24, 2.45) is 16.9 Å². The highest BCUT2D eigenvalue weighted by Gasteiger charge is 2.26. The fourth-order valence-corrected chi connectivity index (χ4v) is 1.30. The first-order chi connectivity index (χ1) is 10.4. The van der Waals surface area contributed by atoms with Crippen LogP contribution in [0.4, 0.5) is 0 Å². The van der Waals surface area contributed by atoms with E-state index < -0.39 is 48.0 Å². The molecule has 10 heteroatoms. The fourth-order valence-electron chi connectivity index (χ4n) is 1.30. The molecule has 0 radical (unpaired) electrons. The maximum Gasteiger partial charge on any atom is 0.331 e. The zero-order chi connectivity index (χ0) is 18.2. The Morgan fingerprint density at radius 3 is 2.08 bits per heavy atom. The van der Waals surface area contributed by atoms with Gasteiger partial charge in [0.15, 0.2) is 0 Å². The number of esters is 2. The number of amides is 2. The molecule has 0 aromatic carbocycles. The Bertz CT molecular complexity index is 462. The topological polar surface area (TPSA) is 151 Å². The normalized spacial score (nSPS) is 13.0. The summed E-state index contributed by atoms with van der Waals surface area (Å²) in [4.78, 5) is 45.9. The molecule has 0 aromatic rings. The molecule has 0 unspecified atom stereocenters. The molecule has 140 valence electrons. The lowest BCUT2D eigenvalue weighted by Gasteiger charge is -2.20. The highest BCUT2D eigenvalue weighted by Crippen LogP contribution is 2.15. The molecular formula is C14H26ClN3O6. The first kappa shape index (κ1) is 24.4. The third kappa shape index (κ3) is 10.0. The number of hydrogen-bond acceptors (Lipinski definition) is 7. The Morgan fingerprint density at radius 2 is 1.67 bits per heavy atom. The van der Waals surface area contributed by atoms with Gasteiger partial charge in [-0.05, 0) is 34.1 Å². The van der Waals surface area contributed by atoms with Crippen LogP contribution in [0, 0.1) is 5.41 Å². The number of primary amides is 1. The van der Waals surface area contributed by atoms with E-state index in [1.807, 2.05) is 0 Å². The Kier molecular flexibility index (Phi) is 11.0. The van der Waals surface area contributed by atoms with Gasteiger partial charge >= 0.3 is 11.9 Å². The van der Waals surface area contributed by atoms with Crippen LogP contribution in [0.5, 0.6) is 0 Å². The molecule has 0 aliphatic rings. The van der Waals surface area contributed by atoms with Crippen LogP contribution < -0.4 is 16.8 Å². The smallest absolute Gasteiger partial charge is 0.331 e. The number of hydrogen-bond donors (Lipinski definition) is 3. The molecule has 9 nitrogen and oxygen atoms in total. The Labute approximate surface area is 147 Å². The van der Waals surface area contributed by atoms with Crippen molar-refractivity contribution in [1.82, 2.24) is 5.32 Å². The maximum atomic E-state index is 11.9. The van der Waals surface area contributed by atoms with Crippen molar-refractivity contribution in [1.29, 1.82) is 0 Å². The molecule has 0 rings (SSSR count). The lowest BCUT2D eigenvalue weighted by Crippen LogP contribution is -2.48. The van der Waals surface area contributed by atoms with E-state index in [0.717, 1.165) is 0 Å². The van der Waals surface area contributed by atoms with E-state index >= 15 is 0 Å². The molecular weight excluding hydrogens is 342 g/mol. The molecule has 2 amide bonds. The van der Waals surface area contributed by atoms with Gasteiger partial charge in [-0.3, -0.25) is 14.4 Å². The first-order valence-corrected chi connectivity index (χ1v) is 7.13. The molecule has 0 saturated carbocycles. The highest BCUT2D eigenvalue weighted by atomic mass is 35.5. The van der Waals surface area contributed by atoms with Gasteiger partial charge in [-0.1, -0.05) is 0 Å². The largest absolute Gasteiger partial charge is 0.427 e. The summed E-state index contributed by atoms with van der Waals surface area (Å²) >= 11 is 0. The lowest BCUT2D eigenvalue weighted by molar-refractivity contribution is -0.174. The van der Waals surface area contributed by atoms with Crippen molar-refractivity contribution in [3.8, 4) is 0 Å². The van der Waals surface area contributed by atoms with Crippen LogP contribution in [-0.2, 0) is 28.7 Å². The molecule has 0 spiro atoms. The van der Waals surface area contributed by atoms with Crippen molar-refractivity contribution in [2.75, 3.05) is 6.79 Å². The van der Waals surface area contributed by atoms with Gasteiger partial charge in [-0.25, -0.2) is 4.79 Å². The van der Waals surface area contributed by atoms with Gasteiger partial charge in [-0.2, -0.15) is 0 Å². The summed E-state index contributed by atoms with van der Waals surface area (Å²) in [5.41, 5.74) is 9.69. The van der Waals surface area contributed by atoms with E-state index in [1.54, 1.807) is 20.8 Å². The summed E-state index contributed by atoms with van der Waals surface area (Å²) < 4.78 is 9.59. The second-order valence-electron chi connectivity index (χ2n) is 6.12. The van der Waals surface area contributed by atoms with E-state index in [-0.39, 0.29) is 25.2 Å². The predicted octanol–water partition coefficient (Wildman–Crippen LogP) is -0.404. The van der Waals surface area contributed by atoms with E-state index in [9.17, 15) is 19.2 Å². The molecule has 0 heterocycles. The molecule has 0 aliphatic carbocycles. The molecule has 5 N–H and O–H groups in total. The summed E-state index contributed by atoms with van der Waals surface area (Å²) in [5, 5.41) is 2.35. The molecule has 0 bridgehead atoms. The van der Waals surface area contributed by atoms with Crippen LogP contribution in [0.25, 0.3) is 0 Å². The minimum absolute atomic E-state index is 0. The Morgan fingerprint density at radius 1 is 1.12 bits per heavy atom. The number of nitrogens with two attached hydrogens (primary N) is 2. The van der Waals surface area contributed by atoms with Crippen molar-refractivity contribution in [3.05, 3.63) is 0 Å². The number of nitrogens with one attached hydrogen (secondary N) is 1. The van der Waals surface area contributed by atoms with E-state index in [0.29, 0.717) is 0 Å². The second-order valence-corrected chi connectivity index (χ2v) is 6.12. The fraction of sp³-hybridized carbons (Fsp3) is 0.714. The summed E-state index contributed by atoms with van der Waals surface area (Å²) in [6.07, 6.45) is -0.166. The number of halogens is 1. The summed E-state index contributed by atoms with van der Waals surface area (Å²) in [5.74, 6) is -2.60. The molecule has 0 fully saturated rings. The minimum atomic E-state index is -1.10. The average Bonchev–Trinajstić information content (AvgIpc) is 2.41. The van der Waals surface area contributed by atoms with Gasteiger partial charge in [-0.15, -0.1) is 12.4 Å². The molecule has 0 saturated heterocycles. The Hall–Kier alpha value is -1.87. The molecule has 2 atom stereocenters. The first-order valence-electron chi connectivity index (χ1n) is 7.13. The van der Waals surface area contributed by atoms with Crippen molar-refractivity contribution in [3.63, 3.8) is 0 Å². The van der Waals surface area contributed by atoms with Crippen LogP contribution in [0.3, 0.4) is 0 Å². The zero-order valence-electron chi connectivity index (χ0n) is 14.3. The number of carbonyl (C=O) groups is 4. The van der Waals surface area contributed by atoms with E-state index in [2.05, 4.69) is 5.32 Å². The van der Waals surface area contributed by atoms with Gasteiger partial charge in [0, 0.05) is 6.42 Å². The third-order valence-corrected chi connectivity index (χ3v) is 2.70. The summed E-state index contributed by atoms with van der Waals surface area (Å²) in [7, 11) is 0. The van der Waals surface area contributed by atoms with Gasteiger partial charge in [0.1, 0.15) is 6.04 Å². The Balaban J connectivity index is 0. The lowest BCUT2D eigenvalue weighted by atomic mass is 9.98. The van der Waals surface area contributed by atoms with Crippen molar-refractivity contribution in [2.45, 2.75) is 52.6 Å². The zero-order valence-corrected chi connectivity index (χ0v) is 15.1. The average molecular weight is 368 g/mol. The predicted molar refractivity (Wildman–Crippen MR) is 87.8 cm³/mol. The molecule has 0 aliphatic heterocycles. The van der Waals surface area contributed by atoms with Gasteiger partial charge in [0.05, 0.1) is 11.5 Å². The van der Waals surface area contributed by atoms with Crippen LogP contribution in [0.1, 0.15) is 40.5 Å². The van der Waals surface area contributed by atoms with E-state index in [1.165, 1.54) is 6.92 Å². The standard InChI is InChI=1S/C14H25N3O6.ClH/c1-8(15)11(19)17-9(5-6-10(16)18)12(20)22-7-23-13(21)14(2,3)4;/h8-9H,5-7,15H2,1-4H3,(H2,16,18)(H,17,19);1H/t8-,9+;/m0./s1. The van der Waals surface area contributed by atoms with Crippen molar-refractivity contribution < 1.29 is 28.7 Å². The molecule has 0 aromatic heterocycles. The van der Waals surface area contributed by atoms with Crippen LogP contribution in [0.15, 0.2) is 0 Å². The number of carbonyl (C=O) groups excluding carboxylic acids is 4. The second kappa shape index (κ2) is 10.8. The van der Waals surface area contributed by atoms with Gasteiger partial charge in [0.25, 0.3) is 0 Å². The monoisotopic (exact) mass is 367 g/mol. The SMILES string of the molecule is C[C@H](N)C(=O)N[C@H](CCC(N)=O)C(=O)OCOC(=O)C(C)(C)C.Cl. The molecule has 24 heavy (non-hydrogen) atoms. The van der Waals surface area contributed by atoms with Crippen LogP contribution in [-0.4, -0.2) is 42.6 Å². The van der Waals surface area contributed by atoms with Gasteiger partial charge < -0.3 is 26.3 Å². The minimum Gasteiger partial charge on any atom is -0.427 e. The number of ether oxygens (including phenoxy) is 2. The quantitative estimate of drug-likeness (QED) is 0.389. The van der Waals surface area contributed by atoms with Crippen LogP contribution >= 0.6 is 12.4 Å². The van der Waals surface area contributed by atoms with Gasteiger partial charge in [0.2, 0.25) is 18.6 Å².